The van der Waals surface area contributed by atoms with Gasteiger partial charge in [0.15, 0.2) is 11.6 Å². The first kappa shape index (κ1) is 12.3. The van der Waals surface area contributed by atoms with Gasteiger partial charge in [0.2, 0.25) is 0 Å². The second-order valence-corrected chi connectivity index (χ2v) is 4.45. The minimum absolute atomic E-state index is 0.452. The number of hydrogen-bond donors (Lipinski definition) is 2. The summed E-state index contributed by atoms with van der Waals surface area (Å²) in [5.41, 5.74) is 8.61. The van der Waals surface area contributed by atoms with Gasteiger partial charge < -0.3 is 15.0 Å². The van der Waals surface area contributed by atoms with Gasteiger partial charge in [-0.2, -0.15) is 5.10 Å². The van der Waals surface area contributed by atoms with Crippen LogP contribution >= 0.6 is 0 Å². The molecule has 3 rings (SSSR count). The number of ether oxygens (including phenoxy) is 1. The smallest absolute Gasteiger partial charge is 0.158 e. The van der Waals surface area contributed by atoms with E-state index in [1.54, 1.807) is 13.3 Å². The number of nitrogens with zero attached hydrogens (tertiary/aromatic N) is 3. The number of nitrogens with one attached hydrogen (secondary N) is 1. The Morgan fingerprint density at radius 3 is 2.60 bits per heavy atom. The first-order chi connectivity index (χ1) is 9.70. The predicted octanol–water partition coefficient (Wildman–Crippen LogP) is 2.07. The van der Waals surface area contributed by atoms with Crippen LogP contribution in [0.25, 0.3) is 22.6 Å². The van der Waals surface area contributed by atoms with Gasteiger partial charge in [-0.1, -0.05) is 12.1 Å². The van der Waals surface area contributed by atoms with E-state index in [0.717, 1.165) is 28.4 Å². The third-order valence-corrected chi connectivity index (χ3v) is 3.22. The lowest BCUT2D eigenvalue weighted by Gasteiger charge is -2.06. The number of H-pyrrole nitrogens is 1. The fourth-order valence-corrected chi connectivity index (χ4v) is 2.17. The Bertz CT molecular complexity index is 726. The van der Waals surface area contributed by atoms with Crippen LogP contribution in [0.1, 0.15) is 0 Å². The molecule has 0 saturated carbocycles. The lowest BCUT2D eigenvalue weighted by molar-refractivity contribution is 0.415. The maximum Gasteiger partial charge on any atom is 0.158 e. The lowest BCUT2D eigenvalue weighted by Crippen LogP contribution is -1.94. The SMILES string of the molecule is COc1ccc(-c2c(N)n[nH]c2-c2nccn2C)cc1. The van der Waals surface area contributed by atoms with Crippen molar-refractivity contribution in [3.63, 3.8) is 0 Å². The molecule has 1 aromatic carbocycles. The van der Waals surface area contributed by atoms with Crippen LogP contribution in [0.4, 0.5) is 5.82 Å². The summed E-state index contributed by atoms with van der Waals surface area (Å²) in [6, 6.07) is 7.69. The molecule has 0 fully saturated rings. The van der Waals surface area contributed by atoms with Gasteiger partial charge in [0, 0.05) is 19.4 Å². The number of imidazole rings is 1. The molecule has 0 radical (unpaired) electrons. The van der Waals surface area contributed by atoms with Gasteiger partial charge >= 0.3 is 0 Å². The molecule has 0 bridgehead atoms. The summed E-state index contributed by atoms with van der Waals surface area (Å²) in [4.78, 5) is 4.33. The van der Waals surface area contributed by atoms with Gasteiger partial charge in [-0.25, -0.2) is 4.98 Å². The largest absolute Gasteiger partial charge is 0.497 e. The summed E-state index contributed by atoms with van der Waals surface area (Å²) in [5, 5.41) is 7.06. The zero-order valence-electron chi connectivity index (χ0n) is 11.3. The summed E-state index contributed by atoms with van der Waals surface area (Å²) in [6.07, 6.45) is 3.62. The Morgan fingerprint density at radius 2 is 2.00 bits per heavy atom. The Hall–Kier alpha value is -2.76. The van der Waals surface area contributed by atoms with Gasteiger partial charge in [0.25, 0.3) is 0 Å². The zero-order chi connectivity index (χ0) is 14.1. The minimum atomic E-state index is 0.452. The van der Waals surface area contributed by atoms with Crippen molar-refractivity contribution in [3.05, 3.63) is 36.7 Å². The summed E-state index contributed by atoms with van der Waals surface area (Å²) >= 11 is 0. The highest BCUT2D eigenvalue weighted by Crippen LogP contribution is 2.34. The molecule has 102 valence electrons. The second kappa shape index (κ2) is 4.73. The topological polar surface area (TPSA) is 81.8 Å². The molecule has 0 amide bonds. The van der Waals surface area contributed by atoms with E-state index in [2.05, 4.69) is 15.2 Å². The van der Waals surface area contributed by atoms with Crippen molar-refractivity contribution in [1.29, 1.82) is 0 Å². The molecule has 0 aliphatic carbocycles. The van der Waals surface area contributed by atoms with E-state index in [9.17, 15) is 0 Å². The van der Waals surface area contributed by atoms with Crippen molar-refractivity contribution >= 4 is 5.82 Å². The van der Waals surface area contributed by atoms with Crippen LogP contribution in [-0.2, 0) is 7.05 Å². The van der Waals surface area contributed by atoms with Crippen LogP contribution < -0.4 is 10.5 Å². The number of hydrogen-bond acceptors (Lipinski definition) is 4. The molecular formula is C14H15N5O. The van der Waals surface area contributed by atoms with Crippen molar-refractivity contribution in [2.24, 2.45) is 7.05 Å². The molecule has 0 unspecified atom stereocenters. The fourth-order valence-electron chi connectivity index (χ4n) is 2.17. The monoisotopic (exact) mass is 269 g/mol. The lowest BCUT2D eigenvalue weighted by atomic mass is 10.0. The molecule has 2 aromatic heterocycles. The van der Waals surface area contributed by atoms with Gasteiger partial charge in [-0.15, -0.1) is 0 Å². The average molecular weight is 269 g/mol. The molecule has 0 saturated heterocycles. The number of aryl methyl sites for hydroxylation is 1. The van der Waals surface area contributed by atoms with Crippen molar-refractivity contribution in [3.8, 4) is 28.4 Å². The third kappa shape index (κ3) is 1.91. The molecule has 3 aromatic rings. The summed E-state index contributed by atoms with van der Waals surface area (Å²) in [6.45, 7) is 0. The molecule has 0 atom stereocenters. The molecule has 0 aliphatic heterocycles. The van der Waals surface area contributed by atoms with Crippen LogP contribution in [0.3, 0.4) is 0 Å². The average Bonchev–Trinajstić information content (AvgIpc) is 3.05. The van der Waals surface area contributed by atoms with Crippen molar-refractivity contribution in [2.75, 3.05) is 12.8 Å². The molecule has 20 heavy (non-hydrogen) atoms. The fraction of sp³-hybridized carbons (Fsp3) is 0.143. The summed E-state index contributed by atoms with van der Waals surface area (Å²) in [7, 11) is 3.57. The van der Waals surface area contributed by atoms with E-state index in [4.69, 9.17) is 10.5 Å². The number of rotatable bonds is 3. The van der Waals surface area contributed by atoms with Crippen LogP contribution in [0.5, 0.6) is 5.75 Å². The molecule has 3 N–H and O–H groups in total. The zero-order valence-corrected chi connectivity index (χ0v) is 11.3. The highest BCUT2D eigenvalue weighted by atomic mass is 16.5. The van der Waals surface area contributed by atoms with E-state index >= 15 is 0 Å². The van der Waals surface area contributed by atoms with Gasteiger partial charge in [0.05, 0.1) is 12.7 Å². The van der Waals surface area contributed by atoms with Crippen LogP contribution in [0.2, 0.25) is 0 Å². The Kier molecular flexibility index (Phi) is 2.90. The number of methoxy groups -OCH3 is 1. The number of aromatic amines is 1. The maximum absolute atomic E-state index is 5.99. The quantitative estimate of drug-likeness (QED) is 0.762. The van der Waals surface area contributed by atoms with E-state index in [0.29, 0.717) is 5.82 Å². The molecular weight excluding hydrogens is 254 g/mol. The third-order valence-electron chi connectivity index (χ3n) is 3.22. The first-order valence-corrected chi connectivity index (χ1v) is 6.16. The van der Waals surface area contributed by atoms with Crippen LogP contribution in [-0.4, -0.2) is 26.9 Å². The van der Waals surface area contributed by atoms with Crippen LogP contribution in [0.15, 0.2) is 36.7 Å². The maximum atomic E-state index is 5.99. The van der Waals surface area contributed by atoms with Crippen molar-refractivity contribution in [2.45, 2.75) is 0 Å². The van der Waals surface area contributed by atoms with E-state index < -0.39 is 0 Å². The van der Waals surface area contributed by atoms with E-state index in [-0.39, 0.29) is 0 Å². The summed E-state index contributed by atoms with van der Waals surface area (Å²) < 4.78 is 7.08. The highest BCUT2D eigenvalue weighted by molar-refractivity contribution is 5.86. The van der Waals surface area contributed by atoms with E-state index in [1.165, 1.54) is 0 Å². The second-order valence-electron chi connectivity index (χ2n) is 4.45. The standard InChI is InChI=1S/C14H15N5O/c1-19-8-7-16-14(19)12-11(13(15)18-17-12)9-3-5-10(20-2)6-4-9/h3-8H,1-2H3,(H3,15,17,18). The molecule has 6 nitrogen and oxygen atoms in total. The first-order valence-electron chi connectivity index (χ1n) is 6.16. The summed E-state index contributed by atoms with van der Waals surface area (Å²) in [5.74, 6) is 2.04. The normalized spacial score (nSPS) is 10.7. The number of benzene rings is 1. The number of nitrogens with two attached hydrogens (primary N) is 1. The number of anilines is 1. The van der Waals surface area contributed by atoms with Gasteiger partial charge in [-0.05, 0) is 17.7 Å². The number of aromatic nitrogens is 4. The van der Waals surface area contributed by atoms with Crippen LogP contribution in [0, 0.1) is 0 Å². The van der Waals surface area contributed by atoms with E-state index in [1.807, 2.05) is 42.1 Å². The van der Waals surface area contributed by atoms with Gasteiger partial charge in [-0.3, -0.25) is 5.10 Å². The Labute approximate surface area is 116 Å². The Balaban J connectivity index is 2.13. The predicted molar refractivity (Wildman–Crippen MR) is 77.2 cm³/mol. The highest BCUT2D eigenvalue weighted by Gasteiger charge is 2.17. The number of nitrogen functional groups attached to an aromatic ring is 1. The van der Waals surface area contributed by atoms with Crippen molar-refractivity contribution < 1.29 is 4.74 Å². The van der Waals surface area contributed by atoms with Crippen molar-refractivity contribution in [1.82, 2.24) is 19.7 Å². The molecule has 2 heterocycles. The molecule has 0 spiro atoms. The minimum Gasteiger partial charge on any atom is -0.497 e. The molecule has 6 heteroatoms. The molecule has 0 aliphatic rings. The Morgan fingerprint density at radius 1 is 1.25 bits per heavy atom. The van der Waals surface area contributed by atoms with Gasteiger partial charge in [0.1, 0.15) is 11.4 Å².